The first-order chi connectivity index (χ1) is 19.0. The Labute approximate surface area is 231 Å². The van der Waals surface area contributed by atoms with Crippen LogP contribution in [0, 0.1) is 5.82 Å². The molecule has 2 aromatic heterocycles. The summed E-state index contributed by atoms with van der Waals surface area (Å²) in [5, 5.41) is 9.58. The molecule has 0 bridgehead atoms. The summed E-state index contributed by atoms with van der Waals surface area (Å²) in [6.07, 6.45) is 0.842. The van der Waals surface area contributed by atoms with Crippen molar-refractivity contribution in [2.75, 3.05) is 69.4 Å². The van der Waals surface area contributed by atoms with Crippen LogP contribution in [0.2, 0.25) is 5.02 Å². The molecule has 6 rings (SSSR count). The number of ether oxygens (including phenoxy) is 2. The Morgan fingerprint density at radius 2 is 1.67 bits per heavy atom. The molecule has 2 aliphatic heterocycles. The van der Waals surface area contributed by atoms with Crippen molar-refractivity contribution in [2.24, 2.45) is 7.05 Å². The molecule has 1 N–H and O–H groups in total. The van der Waals surface area contributed by atoms with Crippen molar-refractivity contribution in [3.63, 3.8) is 0 Å². The number of nitrogens with zero attached hydrogens (tertiary/aromatic N) is 6. The first kappa shape index (κ1) is 25.9. The summed E-state index contributed by atoms with van der Waals surface area (Å²) in [4.78, 5) is 13.7. The van der Waals surface area contributed by atoms with E-state index < -0.39 is 5.82 Å². The standard InChI is InChI=1S/C28H31ClFN7O2/c1-35-24-18-19(2-7-22(24)23(34-35)8-9-36-10-14-38-15-11-36)26-25(30)27(31-21-5-3-20(29)4-6-21)33-28(32-26)37-12-16-39-17-13-37/h2-7,18H,8-17H2,1H3,(H,31,32,33). The number of anilines is 3. The predicted molar refractivity (Wildman–Crippen MR) is 150 cm³/mol. The van der Waals surface area contributed by atoms with Gasteiger partial charge in [-0.2, -0.15) is 10.1 Å². The predicted octanol–water partition coefficient (Wildman–Crippen LogP) is 4.28. The number of hydrogen-bond acceptors (Lipinski definition) is 8. The minimum atomic E-state index is -0.518. The van der Waals surface area contributed by atoms with Crippen molar-refractivity contribution < 1.29 is 13.9 Å². The summed E-state index contributed by atoms with van der Waals surface area (Å²) >= 11 is 6.04. The van der Waals surface area contributed by atoms with Gasteiger partial charge in [0.2, 0.25) is 5.95 Å². The van der Waals surface area contributed by atoms with Gasteiger partial charge >= 0.3 is 0 Å². The van der Waals surface area contributed by atoms with Gasteiger partial charge < -0.3 is 19.7 Å². The fraction of sp³-hybridized carbons (Fsp3) is 0.393. The van der Waals surface area contributed by atoms with Gasteiger partial charge in [0, 0.05) is 67.9 Å². The lowest BCUT2D eigenvalue weighted by Gasteiger charge is -2.27. The number of benzene rings is 2. The largest absolute Gasteiger partial charge is 0.379 e. The molecule has 2 aromatic carbocycles. The molecule has 0 amide bonds. The summed E-state index contributed by atoms with van der Waals surface area (Å²) in [5.41, 5.74) is 3.55. The lowest BCUT2D eigenvalue weighted by molar-refractivity contribution is 0.0383. The Hall–Kier alpha value is -3.31. The minimum absolute atomic E-state index is 0.111. The number of morpholine rings is 2. The van der Waals surface area contributed by atoms with E-state index in [4.69, 9.17) is 31.2 Å². The van der Waals surface area contributed by atoms with Gasteiger partial charge in [-0.15, -0.1) is 0 Å². The van der Waals surface area contributed by atoms with E-state index in [0.29, 0.717) is 48.5 Å². The van der Waals surface area contributed by atoms with Crippen molar-refractivity contribution in [1.82, 2.24) is 24.6 Å². The van der Waals surface area contributed by atoms with Gasteiger partial charge in [-0.25, -0.2) is 9.37 Å². The molecule has 4 heterocycles. The van der Waals surface area contributed by atoms with Crippen LogP contribution >= 0.6 is 11.6 Å². The van der Waals surface area contributed by atoms with E-state index in [9.17, 15) is 0 Å². The van der Waals surface area contributed by atoms with Gasteiger partial charge in [0.15, 0.2) is 11.6 Å². The average molecular weight is 552 g/mol. The van der Waals surface area contributed by atoms with Gasteiger partial charge in [0.1, 0.15) is 5.69 Å². The smallest absolute Gasteiger partial charge is 0.228 e. The Morgan fingerprint density at radius 1 is 0.949 bits per heavy atom. The Bertz CT molecular complexity index is 1450. The topological polar surface area (TPSA) is 80.6 Å². The number of nitrogens with one attached hydrogen (secondary N) is 1. The van der Waals surface area contributed by atoms with E-state index in [2.05, 4.69) is 15.2 Å². The van der Waals surface area contributed by atoms with Crippen molar-refractivity contribution in [2.45, 2.75) is 6.42 Å². The molecule has 0 unspecified atom stereocenters. The van der Waals surface area contributed by atoms with E-state index in [1.54, 1.807) is 24.3 Å². The molecule has 2 aliphatic rings. The van der Waals surface area contributed by atoms with Crippen LogP contribution in [-0.4, -0.2) is 83.8 Å². The first-order valence-corrected chi connectivity index (χ1v) is 13.6. The highest BCUT2D eigenvalue weighted by Crippen LogP contribution is 2.32. The molecule has 0 spiro atoms. The first-order valence-electron chi connectivity index (χ1n) is 13.2. The summed E-state index contributed by atoms with van der Waals surface area (Å²) in [6.45, 7) is 6.79. The molecule has 0 atom stereocenters. The highest BCUT2D eigenvalue weighted by molar-refractivity contribution is 6.30. The van der Waals surface area contributed by atoms with E-state index in [0.717, 1.165) is 55.9 Å². The number of rotatable bonds is 7. The van der Waals surface area contributed by atoms with Gasteiger partial charge in [0.25, 0.3) is 0 Å². The van der Waals surface area contributed by atoms with Crippen molar-refractivity contribution >= 4 is 40.0 Å². The molecule has 2 fully saturated rings. The van der Waals surface area contributed by atoms with E-state index in [-0.39, 0.29) is 11.5 Å². The molecule has 9 nitrogen and oxygen atoms in total. The molecule has 0 radical (unpaired) electrons. The van der Waals surface area contributed by atoms with E-state index in [1.165, 1.54) is 0 Å². The zero-order valence-corrected chi connectivity index (χ0v) is 22.6. The van der Waals surface area contributed by atoms with Crippen LogP contribution in [0.5, 0.6) is 0 Å². The maximum absolute atomic E-state index is 16.0. The molecule has 204 valence electrons. The van der Waals surface area contributed by atoms with Crippen LogP contribution in [0.3, 0.4) is 0 Å². The normalized spacial score (nSPS) is 16.6. The van der Waals surface area contributed by atoms with Crippen molar-refractivity contribution in [3.05, 3.63) is 59.0 Å². The van der Waals surface area contributed by atoms with Gasteiger partial charge in [-0.1, -0.05) is 23.7 Å². The van der Waals surface area contributed by atoms with E-state index >= 15 is 4.39 Å². The minimum Gasteiger partial charge on any atom is -0.379 e. The lowest BCUT2D eigenvalue weighted by Crippen LogP contribution is -2.37. The van der Waals surface area contributed by atoms with E-state index in [1.807, 2.05) is 34.8 Å². The third-order valence-corrected chi connectivity index (χ3v) is 7.46. The summed E-state index contributed by atoms with van der Waals surface area (Å²) < 4.78 is 28.8. The molecule has 2 saturated heterocycles. The van der Waals surface area contributed by atoms with Crippen molar-refractivity contribution in [3.8, 4) is 11.3 Å². The molecule has 0 aliphatic carbocycles. The van der Waals surface area contributed by atoms with Gasteiger partial charge in [-0.05, 0) is 30.3 Å². The molecule has 11 heteroatoms. The molecular weight excluding hydrogens is 521 g/mol. The Morgan fingerprint density at radius 3 is 2.41 bits per heavy atom. The second kappa shape index (κ2) is 11.4. The van der Waals surface area contributed by atoms with Gasteiger partial charge in [-0.3, -0.25) is 9.58 Å². The quantitative estimate of drug-likeness (QED) is 0.365. The number of aryl methyl sites for hydroxylation is 1. The zero-order chi connectivity index (χ0) is 26.8. The van der Waals surface area contributed by atoms with Crippen LogP contribution in [-0.2, 0) is 22.9 Å². The summed E-state index contributed by atoms with van der Waals surface area (Å²) in [6, 6.07) is 13.0. The monoisotopic (exact) mass is 551 g/mol. The number of aromatic nitrogens is 4. The fourth-order valence-electron chi connectivity index (χ4n) is 5.04. The van der Waals surface area contributed by atoms with Crippen LogP contribution in [0.4, 0.5) is 21.8 Å². The Kier molecular flexibility index (Phi) is 7.60. The summed E-state index contributed by atoms with van der Waals surface area (Å²) in [7, 11) is 1.92. The second-order valence-corrected chi connectivity index (χ2v) is 10.2. The zero-order valence-electron chi connectivity index (χ0n) is 21.9. The maximum atomic E-state index is 16.0. The third-order valence-electron chi connectivity index (χ3n) is 7.21. The fourth-order valence-corrected chi connectivity index (χ4v) is 5.16. The van der Waals surface area contributed by atoms with Crippen LogP contribution in [0.1, 0.15) is 5.69 Å². The number of fused-ring (bicyclic) bond motifs is 1. The Balaban J connectivity index is 1.35. The molecule has 0 saturated carbocycles. The molecule has 4 aromatic rings. The van der Waals surface area contributed by atoms with Crippen LogP contribution in [0.15, 0.2) is 42.5 Å². The second-order valence-electron chi connectivity index (χ2n) is 9.77. The highest BCUT2D eigenvalue weighted by Gasteiger charge is 2.22. The summed E-state index contributed by atoms with van der Waals surface area (Å²) in [5.74, 6) is 0.0543. The number of hydrogen-bond donors (Lipinski definition) is 1. The van der Waals surface area contributed by atoms with Crippen LogP contribution < -0.4 is 10.2 Å². The highest BCUT2D eigenvalue weighted by atomic mass is 35.5. The average Bonchev–Trinajstić information content (AvgIpc) is 3.29. The maximum Gasteiger partial charge on any atom is 0.228 e. The SMILES string of the molecule is Cn1nc(CCN2CCOCC2)c2ccc(-c3nc(N4CCOCC4)nc(Nc4ccc(Cl)cc4)c3F)cc21. The van der Waals surface area contributed by atoms with Crippen molar-refractivity contribution in [1.29, 1.82) is 0 Å². The van der Waals surface area contributed by atoms with Crippen LogP contribution in [0.25, 0.3) is 22.2 Å². The van der Waals surface area contributed by atoms with Gasteiger partial charge in [0.05, 0.1) is 37.6 Å². The third kappa shape index (κ3) is 5.69. The molecular formula is C28H31ClFN7O2. The number of halogens is 2. The molecule has 39 heavy (non-hydrogen) atoms. The lowest BCUT2D eigenvalue weighted by atomic mass is 10.1.